The van der Waals surface area contributed by atoms with E-state index in [0.29, 0.717) is 26.3 Å². The molecular formula is C13H19BrN2O3. The SMILES string of the molecule is COCCCNC(=O)NCCOc1cccc(Br)c1. The standard InChI is InChI=1S/C13H19BrN2O3/c1-18-8-3-6-15-13(17)16-7-9-19-12-5-2-4-11(14)10-12/h2,4-5,10H,3,6-9H2,1H3,(H2,15,16,17). The number of benzene rings is 1. The lowest BCUT2D eigenvalue weighted by Gasteiger charge is -2.09. The lowest BCUT2D eigenvalue weighted by Crippen LogP contribution is -2.38. The fourth-order valence-corrected chi connectivity index (χ4v) is 1.75. The molecule has 5 nitrogen and oxygen atoms in total. The minimum absolute atomic E-state index is 0.186. The van der Waals surface area contributed by atoms with Crippen LogP contribution in [0.3, 0.4) is 0 Å². The number of carbonyl (C=O) groups is 1. The third kappa shape index (κ3) is 7.69. The van der Waals surface area contributed by atoms with Crippen molar-refractivity contribution in [3.8, 4) is 5.75 Å². The largest absolute Gasteiger partial charge is 0.492 e. The quantitative estimate of drug-likeness (QED) is 0.718. The molecule has 0 aromatic heterocycles. The van der Waals surface area contributed by atoms with E-state index in [1.165, 1.54) is 0 Å². The Morgan fingerprint density at radius 1 is 1.26 bits per heavy atom. The predicted octanol–water partition coefficient (Wildman–Crippen LogP) is 2.16. The van der Waals surface area contributed by atoms with Crippen LogP contribution in [0.25, 0.3) is 0 Å². The van der Waals surface area contributed by atoms with Gasteiger partial charge < -0.3 is 20.1 Å². The van der Waals surface area contributed by atoms with E-state index in [2.05, 4.69) is 26.6 Å². The molecule has 1 aromatic carbocycles. The van der Waals surface area contributed by atoms with Gasteiger partial charge in [0.1, 0.15) is 12.4 Å². The van der Waals surface area contributed by atoms with Crippen LogP contribution in [-0.4, -0.2) is 39.4 Å². The normalized spacial score (nSPS) is 10.0. The summed E-state index contributed by atoms with van der Waals surface area (Å²) >= 11 is 3.37. The molecular weight excluding hydrogens is 312 g/mol. The third-order valence-corrected chi connectivity index (χ3v) is 2.76. The number of nitrogens with one attached hydrogen (secondary N) is 2. The molecule has 1 aromatic rings. The van der Waals surface area contributed by atoms with Crippen molar-refractivity contribution in [1.82, 2.24) is 10.6 Å². The minimum atomic E-state index is -0.186. The topological polar surface area (TPSA) is 59.6 Å². The molecule has 2 N–H and O–H groups in total. The minimum Gasteiger partial charge on any atom is -0.492 e. The maximum Gasteiger partial charge on any atom is 0.314 e. The summed E-state index contributed by atoms with van der Waals surface area (Å²) in [4.78, 5) is 11.3. The van der Waals surface area contributed by atoms with Crippen LogP contribution in [0, 0.1) is 0 Å². The van der Waals surface area contributed by atoms with Gasteiger partial charge in [0.2, 0.25) is 0 Å². The second-order valence-electron chi connectivity index (χ2n) is 3.83. The van der Waals surface area contributed by atoms with Gasteiger partial charge in [0.15, 0.2) is 0 Å². The number of hydrogen-bond acceptors (Lipinski definition) is 3. The summed E-state index contributed by atoms with van der Waals surface area (Å²) in [6, 6.07) is 7.39. The fourth-order valence-electron chi connectivity index (χ4n) is 1.37. The van der Waals surface area contributed by atoms with Crippen molar-refractivity contribution in [1.29, 1.82) is 0 Å². The van der Waals surface area contributed by atoms with Gasteiger partial charge in [-0.1, -0.05) is 22.0 Å². The Morgan fingerprint density at radius 3 is 2.79 bits per heavy atom. The van der Waals surface area contributed by atoms with E-state index >= 15 is 0 Å². The summed E-state index contributed by atoms with van der Waals surface area (Å²) in [7, 11) is 1.64. The van der Waals surface area contributed by atoms with E-state index in [1.54, 1.807) is 7.11 Å². The van der Waals surface area contributed by atoms with Gasteiger partial charge in [-0.2, -0.15) is 0 Å². The lowest BCUT2D eigenvalue weighted by molar-refractivity contribution is 0.193. The number of ether oxygens (including phenoxy) is 2. The van der Waals surface area contributed by atoms with Crippen molar-refractivity contribution in [2.24, 2.45) is 0 Å². The number of urea groups is 1. The van der Waals surface area contributed by atoms with E-state index in [-0.39, 0.29) is 6.03 Å². The van der Waals surface area contributed by atoms with Gasteiger partial charge in [-0.05, 0) is 24.6 Å². The molecule has 106 valence electrons. The first-order valence-corrected chi connectivity index (χ1v) is 6.90. The van der Waals surface area contributed by atoms with E-state index < -0.39 is 0 Å². The Bertz CT molecular complexity index is 388. The zero-order chi connectivity index (χ0) is 13.9. The Morgan fingerprint density at radius 2 is 2.05 bits per heavy atom. The average Bonchev–Trinajstić information content (AvgIpc) is 2.40. The van der Waals surface area contributed by atoms with Crippen molar-refractivity contribution in [2.45, 2.75) is 6.42 Å². The molecule has 0 spiro atoms. The van der Waals surface area contributed by atoms with Gasteiger partial charge in [0.25, 0.3) is 0 Å². The monoisotopic (exact) mass is 330 g/mol. The number of methoxy groups -OCH3 is 1. The average molecular weight is 331 g/mol. The molecule has 0 saturated carbocycles. The molecule has 19 heavy (non-hydrogen) atoms. The summed E-state index contributed by atoms with van der Waals surface area (Å²) in [5.74, 6) is 0.775. The highest BCUT2D eigenvalue weighted by Crippen LogP contribution is 2.17. The summed E-state index contributed by atoms with van der Waals surface area (Å²) in [5, 5.41) is 5.45. The van der Waals surface area contributed by atoms with Crippen LogP contribution < -0.4 is 15.4 Å². The second-order valence-corrected chi connectivity index (χ2v) is 4.75. The van der Waals surface area contributed by atoms with Crippen LogP contribution in [0.2, 0.25) is 0 Å². The molecule has 0 saturated heterocycles. The van der Waals surface area contributed by atoms with E-state index in [9.17, 15) is 4.79 Å². The summed E-state index contributed by atoms with van der Waals surface area (Å²) in [5.41, 5.74) is 0. The van der Waals surface area contributed by atoms with Gasteiger partial charge >= 0.3 is 6.03 Å². The molecule has 0 aliphatic heterocycles. The summed E-state index contributed by atoms with van der Waals surface area (Å²) < 4.78 is 11.3. The van der Waals surface area contributed by atoms with Crippen LogP contribution in [-0.2, 0) is 4.74 Å². The first-order valence-electron chi connectivity index (χ1n) is 6.11. The molecule has 0 atom stereocenters. The van der Waals surface area contributed by atoms with Crippen LogP contribution in [0.1, 0.15) is 6.42 Å². The molecule has 2 amide bonds. The summed E-state index contributed by atoms with van der Waals surface area (Å²) in [6.07, 6.45) is 0.804. The Kier molecular flexibility index (Phi) is 8.00. The molecule has 0 fully saturated rings. The zero-order valence-corrected chi connectivity index (χ0v) is 12.5. The third-order valence-electron chi connectivity index (χ3n) is 2.26. The van der Waals surface area contributed by atoms with Gasteiger partial charge in [-0.3, -0.25) is 0 Å². The Labute approximate surface area is 121 Å². The van der Waals surface area contributed by atoms with Crippen molar-refractivity contribution >= 4 is 22.0 Å². The Balaban J connectivity index is 2.05. The molecule has 0 bridgehead atoms. The lowest BCUT2D eigenvalue weighted by atomic mass is 10.3. The summed E-state index contributed by atoms with van der Waals surface area (Å²) in [6.45, 7) is 2.14. The van der Waals surface area contributed by atoms with Crippen molar-refractivity contribution in [3.63, 3.8) is 0 Å². The maximum atomic E-state index is 11.3. The first-order chi connectivity index (χ1) is 9.22. The highest BCUT2D eigenvalue weighted by molar-refractivity contribution is 9.10. The number of carbonyl (C=O) groups excluding carboxylic acids is 1. The first kappa shape index (κ1) is 15.8. The van der Waals surface area contributed by atoms with Crippen LogP contribution >= 0.6 is 15.9 Å². The molecule has 6 heteroatoms. The van der Waals surface area contributed by atoms with Crippen LogP contribution in [0.4, 0.5) is 4.79 Å². The molecule has 0 aliphatic carbocycles. The van der Waals surface area contributed by atoms with Crippen molar-refractivity contribution in [2.75, 3.05) is 33.4 Å². The maximum absolute atomic E-state index is 11.3. The van der Waals surface area contributed by atoms with Gasteiger partial charge in [-0.25, -0.2) is 4.79 Å². The zero-order valence-electron chi connectivity index (χ0n) is 10.9. The fraction of sp³-hybridized carbons (Fsp3) is 0.462. The van der Waals surface area contributed by atoms with Gasteiger partial charge in [-0.15, -0.1) is 0 Å². The number of amides is 2. The van der Waals surface area contributed by atoms with Crippen LogP contribution in [0.5, 0.6) is 5.75 Å². The van der Waals surface area contributed by atoms with Crippen LogP contribution in [0.15, 0.2) is 28.7 Å². The van der Waals surface area contributed by atoms with Gasteiger partial charge in [0, 0.05) is 24.7 Å². The smallest absolute Gasteiger partial charge is 0.314 e. The second kappa shape index (κ2) is 9.63. The van der Waals surface area contributed by atoms with Crippen molar-refractivity contribution in [3.05, 3.63) is 28.7 Å². The molecule has 0 aliphatic rings. The Hall–Kier alpha value is -1.27. The van der Waals surface area contributed by atoms with Gasteiger partial charge in [0.05, 0.1) is 6.54 Å². The van der Waals surface area contributed by atoms with E-state index in [0.717, 1.165) is 16.6 Å². The molecule has 0 radical (unpaired) electrons. The van der Waals surface area contributed by atoms with Crippen molar-refractivity contribution < 1.29 is 14.3 Å². The van der Waals surface area contributed by atoms with E-state index in [1.807, 2.05) is 24.3 Å². The number of hydrogen-bond donors (Lipinski definition) is 2. The van der Waals surface area contributed by atoms with E-state index in [4.69, 9.17) is 9.47 Å². The number of rotatable bonds is 8. The number of halogens is 1. The molecule has 0 heterocycles. The molecule has 0 unspecified atom stereocenters. The highest BCUT2D eigenvalue weighted by atomic mass is 79.9. The molecule has 1 rings (SSSR count). The predicted molar refractivity (Wildman–Crippen MR) is 77.5 cm³/mol. The highest BCUT2D eigenvalue weighted by Gasteiger charge is 1.99.